The molecule has 0 radical (unpaired) electrons. The molecule has 32 heavy (non-hydrogen) atoms. The van der Waals surface area contributed by atoms with E-state index in [0.29, 0.717) is 27.5 Å². The number of anilines is 2. The zero-order valence-electron chi connectivity index (χ0n) is 18.3. The van der Waals surface area contributed by atoms with Gasteiger partial charge in [-0.15, -0.1) is 0 Å². The monoisotopic (exact) mass is 458 g/mol. The van der Waals surface area contributed by atoms with E-state index in [2.05, 4.69) is 32.0 Å². The number of nitrogens with one attached hydrogen (secondary N) is 1. The molecule has 0 unspecified atom stereocenters. The summed E-state index contributed by atoms with van der Waals surface area (Å²) in [4.78, 5) is 38.9. The highest BCUT2D eigenvalue weighted by Crippen LogP contribution is 2.30. The molecule has 1 aromatic carbocycles. The van der Waals surface area contributed by atoms with Crippen LogP contribution in [-0.2, 0) is 11.3 Å². The number of likely N-dealkylation sites (N-methyl/N-ethyl adjacent to an activating group) is 1. The molecule has 2 aromatic heterocycles. The van der Waals surface area contributed by atoms with Crippen LogP contribution in [0.3, 0.4) is 0 Å². The van der Waals surface area contributed by atoms with Crippen molar-refractivity contribution < 1.29 is 14.3 Å². The second kappa shape index (κ2) is 9.53. The highest BCUT2D eigenvalue weighted by Gasteiger charge is 2.21. The Balaban J connectivity index is 1.48. The lowest BCUT2D eigenvalue weighted by Gasteiger charge is -2.33. The van der Waals surface area contributed by atoms with Gasteiger partial charge in [0.25, 0.3) is 5.56 Å². The number of thiazole rings is 1. The molecule has 0 atom stereocenters. The van der Waals surface area contributed by atoms with Crippen LogP contribution in [0.2, 0.25) is 0 Å². The minimum absolute atomic E-state index is 0.154. The second-order valence-corrected chi connectivity index (χ2v) is 8.34. The average molecular weight is 459 g/mol. The standard InChI is InChI=1S/C21H26N6O4S/c1-4-25-7-9-26(10-8-25)21-24-19-18(32-21)20(29)27(13-22-19)12-17(28)23-14-5-6-15(30-2)16(11-14)31-3/h5-6,11,13H,4,7-10,12H2,1-3H3,(H,23,28). The first-order valence-electron chi connectivity index (χ1n) is 10.4. The Morgan fingerprint density at radius 1 is 1.16 bits per heavy atom. The number of carbonyl (C=O) groups excluding carboxylic acids is 1. The third-order valence-corrected chi connectivity index (χ3v) is 6.54. The number of fused-ring (bicyclic) bond motifs is 1. The smallest absolute Gasteiger partial charge is 0.273 e. The molecule has 1 aliphatic heterocycles. The van der Waals surface area contributed by atoms with Gasteiger partial charge in [0, 0.05) is 37.9 Å². The molecule has 0 saturated carbocycles. The van der Waals surface area contributed by atoms with E-state index in [0.717, 1.165) is 37.9 Å². The van der Waals surface area contributed by atoms with Crippen LogP contribution in [0.25, 0.3) is 10.3 Å². The lowest BCUT2D eigenvalue weighted by Crippen LogP contribution is -2.46. The van der Waals surface area contributed by atoms with Crippen molar-refractivity contribution in [3.63, 3.8) is 0 Å². The molecule has 170 valence electrons. The molecular weight excluding hydrogens is 432 g/mol. The van der Waals surface area contributed by atoms with E-state index in [-0.39, 0.29) is 18.0 Å². The van der Waals surface area contributed by atoms with E-state index in [4.69, 9.17) is 9.47 Å². The van der Waals surface area contributed by atoms with Crippen LogP contribution >= 0.6 is 11.3 Å². The summed E-state index contributed by atoms with van der Waals surface area (Å²) in [6, 6.07) is 5.07. The predicted molar refractivity (Wildman–Crippen MR) is 124 cm³/mol. The maximum absolute atomic E-state index is 12.9. The normalized spacial score (nSPS) is 14.5. The van der Waals surface area contributed by atoms with Crippen molar-refractivity contribution in [1.82, 2.24) is 19.4 Å². The van der Waals surface area contributed by atoms with Gasteiger partial charge in [-0.25, -0.2) is 4.98 Å². The summed E-state index contributed by atoms with van der Waals surface area (Å²) in [6.45, 7) is 6.72. The van der Waals surface area contributed by atoms with E-state index in [1.165, 1.54) is 29.3 Å². The molecule has 0 aliphatic carbocycles. The Morgan fingerprint density at radius 3 is 2.59 bits per heavy atom. The number of carbonyl (C=O) groups is 1. The molecule has 1 amide bonds. The van der Waals surface area contributed by atoms with Gasteiger partial charge in [-0.1, -0.05) is 18.3 Å². The van der Waals surface area contributed by atoms with Crippen molar-refractivity contribution in [3.8, 4) is 11.5 Å². The fourth-order valence-corrected chi connectivity index (χ4v) is 4.63. The summed E-state index contributed by atoms with van der Waals surface area (Å²) in [7, 11) is 3.07. The number of piperazine rings is 1. The first-order chi connectivity index (χ1) is 15.5. The number of ether oxygens (including phenoxy) is 2. The van der Waals surface area contributed by atoms with Gasteiger partial charge in [0.2, 0.25) is 5.91 Å². The van der Waals surface area contributed by atoms with Crippen LogP contribution in [0, 0.1) is 0 Å². The van der Waals surface area contributed by atoms with E-state index in [1.807, 2.05) is 0 Å². The molecule has 1 fully saturated rings. The largest absolute Gasteiger partial charge is 0.493 e. The second-order valence-electron chi connectivity index (χ2n) is 7.37. The summed E-state index contributed by atoms with van der Waals surface area (Å²) in [5, 5.41) is 3.57. The summed E-state index contributed by atoms with van der Waals surface area (Å²) in [5.41, 5.74) is 0.693. The quantitative estimate of drug-likeness (QED) is 0.570. The zero-order valence-corrected chi connectivity index (χ0v) is 19.1. The Bertz CT molecular complexity index is 1170. The van der Waals surface area contributed by atoms with Gasteiger partial charge in [0.1, 0.15) is 17.6 Å². The average Bonchev–Trinajstić information content (AvgIpc) is 3.26. The lowest BCUT2D eigenvalue weighted by atomic mass is 10.2. The van der Waals surface area contributed by atoms with E-state index >= 15 is 0 Å². The first kappa shape index (κ1) is 22.0. The van der Waals surface area contributed by atoms with Gasteiger partial charge in [-0.3, -0.25) is 14.2 Å². The third-order valence-electron chi connectivity index (χ3n) is 5.44. The summed E-state index contributed by atoms with van der Waals surface area (Å²) < 4.78 is 12.2. The fraction of sp³-hybridized carbons (Fsp3) is 0.429. The highest BCUT2D eigenvalue weighted by atomic mass is 32.1. The van der Waals surface area contributed by atoms with Crippen molar-refractivity contribution in [2.45, 2.75) is 13.5 Å². The number of amides is 1. The van der Waals surface area contributed by atoms with Crippen LogP contribution < -0.4 is 25.2 Å². The third kappa shape index (κ3) is 4.53. The number of methoxy groups -OCH3 is 2. The molecule has 1 saturated heterocycles. The van der Waals surface area contributed by atoms with Gasteiger partial charge in [-0.2, -0.15) is 4.98 Å². The molecule has 10 nitrogen and oxygen atoms in total. The Morgan fingerprint density at radius 2 is 1.91 bits per heavy atom. The van der Waals surface area contributed by atoms with Crippen LogP contribution in [0.4, 0.5) is 10.8 Å². The fourth-order valence-electron chi connectivity index (χ4n) is 3.61. The predicted octanol–water partition coefficient (Wildman–Crippen LogP) is 1.65. The van der Waals surface area contributed by atoms with Crippen LogP contribution in [0.5, 0.6) is 11.5 Å². The number of hydrogen-bond acceptors (Lipinski definition) is 9. The molecule has 1 N–H and O–H groups in total. The first-order valence-corrected chi connectivity index (χ1v) is 11.2. The lowest BCUT2D eigenvalue weighted by molar-refractivity contribution is -0.116. The number of rotatable bonds is 7. The highest BCUT2D eigenvalue weighted by molar-refractivity contribution is 7.22. The topological polar surface area (TPSA) is 102 Å². The van der Waals surface area contributed by atoms with Crippen molar-refractivity contribution in [2.24, 2.45) is 0 Å². The van der Waals surface area contributed by atoms with E-state index in [9.17, 15) is 9.59 Å². The maximum atomic E-state index is 12.9. The molecular formula is C21H26N6O4S. The Kier molecular flexibility index (Phi) is 6.56. The summed E-state index contributed by atoms with van der Waals surface area (Å²) in [5.74, 6) is 0.719. The van der Waals surface area contributed by atoms with Crippen LogP contribution in [0.15, 0.2) is 29.3 Å². The number of aromatic nitrogens is 3. The maximum Gasteiger partial charge on any atom is 0.273 e. The van der Waals surface area contributed by atoms with Crippen molar-refractivity contribution in [2.75, 3.05) is 57.2 Å². The number of benzene rings is 1. The SMILES string of the molecule is CCN1CCN(c2nc3ncn(CC(=O)Nc4ccc(OC)c(OC)c4)c(=O)c3s2)CC1. The van der Waals surface area contributed by atoms with Gasteiger partial charge in [-0.05, 0) is 18.7 Å². The van der Waals surface area contributed by atoms with Crippen LogP contribution in [-0.4, -0.2) is 72.3 Å². The van der Waals surface area contributed by atoms with Crippen molar-refractivity contribution in [3.05, 3.63) is 34.9 Å². The minimum atomic E-state index is -0.346. The van der Waals surface area contributed by atoms with Crippen molar-refractivity contribution >= 4 is 38.4 Å². The van der Waals surface area contributed by atoms with Gasteiger partial charge < -0.3 is 24.6 Å². The summed E-state index contributed by atoms with van der Waals surface area (Å²) >= 11 is 1.33. The van der Waals surface area contributed by atoms with Gasteiger partial charge in [0.15, 0.2) is 22.3 Å². The Labute approximate surface area is 189 Å². The molecule has 1 aliphatic rings. The van der Waals surface area contributed by atoms with E-state index in [1.54, 1.807) is 25.3 Å². The molecule has 11 heteroatoms. The van der Waals surface area contributed by atoms with Crippen molar-refractivity contribution in [1.29, 1.82) is 0 Å². The number of nitrogens with zero attached hydrogens (tertiary/aromatic N) is 5. The molecule has 4 rings (SSSR count). The van der Waals surface area contributed by atoms with Gasteiger partial charge in [0.05, 0.1) is 14.2 Å². The van der Waals surface area contributed by atoms with E-state index < -0.39 is 0 Å². The summed E-state index contributed by atoms with van der Waals surface area (Å²) in [6.07, 6.45) is 1.37. The minimum Gasteiger partial charge on any atom is -0.493 e. The number of hydrogen-bond donors (Lipinski definition) is 1. The van der Waals surface area contributed by atoms with Crippen LogP contribution in [0.1, 0.15) is 6.92 Å². The van der Waals surface area contributed by atoms with Gasteiger partial charge >= 0.3 is 0 Å². The molecule has 3 aromatic rings. The molecule has 0 bridgehead atoms. The zero-order chi connectivity index (χ0) is 22.7. The Hall–Kier alpha value is -3.18. The molecule has 0 spiro atoms. The molecule has 3 heterocycles.